The lowest BCUT2D eigenvalue weighted by Crippen LogP contribution is -2.45. The van der Waals surface area contributed by atoms with E-state index in [1.165, 1.54) is 4.68 Å². The van der Waals surface area contributed by atoms with Crippen molar-refractivity contribution in [2.75, 3.05) is 13.1 Å². The normalized spacial score (nSPS) is 19.5. The van der Waals surface area contributed by atoms with Gasteiger partial charge >= 0.3 is 0 Å². The second kappa shape index (κ2) is 6.27. The van der Waals surface area contributed by atoms with E-state index in [-0.39, 0.29) is 18.5 Å². The van der Waals surface area contributed by atoms with Gasteiger partial charge in [-0.3, -0.25) is 9.48 Å². The lowest BCUT2D eigenvalue weighted by Gasteiger charge is -2.31. The van der Waals surface area contributed by atoms with Gasteiger partial charge in [0, 0.05) is 55.5 Å². The van der Waals surface area contributed by atoms with Crippen LogP contribution in [0.2, 0.25) is 0 Å². The third-order valence-corrected chi connectivity index (χ3v) is 5.52. The molecule has 3 heterocycles. The minimum absolute atomic E-state index is 0.0612. The topological polar surface area (TPSA) is 51.9 Å². The molecule has 0 saturated carbocycles. The summed E-state index contributed by atoms with van der Waals surface area (Å²) >= 11 is 0. The van der Waals surface area contributed by atoms with Crippen LogP contribution in [0.4, 0.5) is 8.78 Å². The Kier molecular flexibility index (Phi) is 4.14. The molecule has 142 valence electrons. The standard InChI is InChI=1S/C20H22F2N4O/c1-12-8-14(16-4-5-18(27)25(3)13(16)2)9-15-11-26(24-19(12)15)17-10-23-7-6-20(17,21)22/h4-5,8-9,11,17,23H,6-7,10H2,1-3H3. The predicted octanol–water partition coefficient (Wildman–Crippen LogP) is 3.19. The van der Waals surface area contributed by atoms with E-state index in [0.29, 0.717) is 6.54 Å². The van der Waals surface area contributed by atoms with Crippen LogP contribution in [0.3, 0.4) is 0 Å². The quantitative estimate of drug-likeness (QED) is 0.752. The molecule has 2 aromatic heterocycles. The zero-order valence-corrected chi connectivity index (χ0v) is 15.6. The molecule has 3 aromatic rings. The molecule has 1 fully saturated rings. The van der Waals surface area contributed by atoms with Gasteiger partial charge in [-0.2, -0.15) is 5.10 Å². The van der Waals surface area contributed by atoms with Crippen LogP contribution in [0.5, 0.6) is 0 Å². The van der Waals surface area contributed by atoms with Crippen LogP contribution in [0.1, 0.15) is 23.7 Å². The fraction of sp³-hybridized carbons (Fsp3) is 0.400. The summed E-state index contributed by atoms with van der Waals surface area (Å²) in [4.78, 5) is 11.8. The van der Waals surface area contributed by atoms with Gasteiger partial charge < -0.3 is 9.88 Å². The molecule has 1 unspecified atom stereocenters. The second-order valence-electron chi connectivity index (χ2n) is 7.30. The van der Waals surface area contributed by atoms with Crippen LogP contribution in [0.25, 0.3) is 22.0 Å². The first-order valence-corrected chi connectivity index (χ1v) is 9.03. The Balaban J connectivity index is 1.83. The second-order valence-corrected chi connectivity index (χ2v) is 7.30. The Bertz CT molecular complexity index is 1080. The molecule has 1 saturated heterocycles. The summed E-state index contributed by atoms with van der Waals surface area (Å²) in [5.41, 5.74) is 4.33. The van der Waals surface area contributed by atoms with Crippen molar-refractivity contribution < 1.29 is 8.78 Å². The molecule has 7 heteroatoms. The number of aromatic nitrogens is 3. The van der Waals surface area contributed by atoms with Crippen LogP contribution < -0.4 is 10.9 Å². The fourth-order valence-electron chi connectivity index (χ4n) is 3.78. The minimum atomic E-state index is -2.78. The number of benzene rings is 1. The lowest BCUT2D eigenvalue weighted by molar-refractivity contribution is -0.0744. The van der Waals surface area contributed by atoms with E-state index in [9.17, 15) is 13.6 Å². The van der Waals surface area contributed by atoms with Crippen molar-refractivity contribution in [1.82, 2.24) is 19.7 Å². The van der Waals surface area contributed by atoms with E-state index >= 15 is 0 Å². The van der Waals surface area contributed by atoms with E-state index < -0.39 is 12.0 Å². The van der Waals surface area contributed by atoms with Crippen LogP contribution in [-0.4, -0.2) is 33.4 Å². The smallest absolute Gasteiger partial charge is 0.272 e. The first kappa shape index (κ1) is 17.9. The van der Waals surface area contributed by atoms with Crippen LogP contribution in [0.15, 0.2) is 35.3 Å². The molecule has 4 rings (SSSR count). The number of fused-ring (bicyclic) bond motifs is 1. The van der Waals surface area contributed by atoms with Gasteiger partial charge in [0.05, 0.1) is 5.52 Å². The molecule has 0 bridgehead atoms. The van der Waals surface area contributed by atoms with Gasteiger partial charge in [-0.15, -0.1) is 0 Å². The maximum atomic E-state index is 14.3. The van der Waals surface area contributed by atoms with E-state index in [0.717, 1.165) is 33.3 Å². The molecule has 0 amide bonds. The minimum Gasteiger partial charge on any atom is -0.315 e. The van der Waals surface area contributed by atoms with Gasteiger partial charge in [0.15, 0.2) is 0 Å². The van der Waals surface area contributed by atoms with Crippen molar-refractivity contribution in [2.45, 2.75) is 32.2 Å². The molecule has 1 aromatic carbocycles. The van der Waals surface area contributed by atoms with Crippen molar-refractivity contribution >= 4 is 10.9 Å². The monoisotopic (exact) mass is 372 g/mol. The fourth-order valence-corrected chi connectivity index (χ4v) is 3.78. The van der Waals surface area contributed by atoms with Gasteiger partial charge in [-0.1, -0.05) is 0 Å². The summed E-state index contributed by atoms with van der Waals surface area (Å²) in [6, 6.07) is 6.30. The Morgan fingerprint density at radius 1 is 1.26 bits per heavy atom. The Morgan fingerprint density at radius 2 is 2.04 bits per heavy atom. The summed E-state index contributed by atoms with van der Waals surface area (Å²) in [6.45, 7) is 4.35. The molecule has 1 N–H and O–H groups in total. The van der Waals surface area contributed by atoms with Crippen molar-refractivity contribution in [3.05, 3.63) is 52.1 Å². The first-order chi connectivity index (χ1) is 12.8. The average Bonchev–Trinajstić information content (AvgIpc) is 3.03. The van der Waals surface area contributed by atoms with Crippen molar-refractivity contribution in [2.24, 2.45) is 7.05 Å². The maximum Gasteiger partial charge on any atom is 0.272 e. The van der Waals surface area contributed by atoms with E-state index in [2.05, 4.69) is 10.4 Å². The van der Waals surface area contributed by atoms with Crippen LogP contribution >= 0.6 is 0 Å². The molecule has 0 spiro atoms. The molecule has 5 nitrogen and oxygen atoms in total. The van der Waals surface area contributed by atoms with E-state index in [1.54, 1.807) is 23.9 Å². The van der Waals surface area contributed by atoms with Crippen LogP contribution in [-0.2, 0) is 7.05 Å². The van der Waals surface area contributed by atoms with Crippen LogP contribution in [0, 0.1) is 13.8 Å². The summed E-state index contributed by atoms with van der Waals surface area (Å²) in [7, 11) is 1.74. The third kappa shape index (κ3) is 2.96. The predicted molar refractivity (Wildman–Crippen MR) is 101 cm³/mol. The van der Waals surface area contributed by atoms with Gasteiger partial charge in [0.25, 0.3) is 5.92 Å². The third-order valence-electron chi connectivity index (χ3n) is 5.52. The van der Waals surface area contributed by atoms with Crippen molar-refractivity contribution in [3.8, 4) is 11.1 Å². The SMILES string of the molecule is Cc1cc(-c2ccc(=O)n(C)c2C)cc2cn(C3CNCCC3(F)F)nc12. The Labute approximate surface area is 155 Å². The van der Waals surface area contributed by atoms with Gasteiger partial charge in [-0.05, 0) is 43.2 Å². The highest BCUT2D eigenvalue weighted by Gasteiger charge is 2.43. The van der Waals surface area contributed by atoms with Gasteiger partial charge in [0.1, 0.15) is 6.04 Å². The summed E-state index contributed by atoms with van der Waals surface area (Å²) in [5.74, 6) is -2.78. The number of aryl methyl sites for hydroxylation is 1. The van der Waals surface area contributed by atoms with Crippen molar-refractivity contribution in [1.29, 1.82) is 0 Å². The molecular weight excluding hydrogens is 350 g/mol. The Hall–Kier alpha value is -2.54. The Morgan fingerprint density at radius 3 is 2.78 bits per heavy atom. The molecule has 1 aliphatic heterocycles. The number of hydrogen-bond acceptors (Lipinski definition) is 3. The molecule has 0 radical (unpaired) electrons. The van der Waals surface area contributed by atoms with Crippen molar-refractivity contribution in [3.63, 3.8) is 0 Å². The number of rotatable bonds is 2. The first-order valence-electron chi connectivity index (χ1n) is 9.03. The molecule has 0 aliphatic carbocycles. The summed E-state index contributed by atoms with van der Waals surface area (Å²) in [6.07, 6.45) is 1.52. The van der Waals surface area contributed by atoms with Gasteiger partial charge in [-0.25, -0.2) is 8.78 Å². The maximum absolute atomic E-state index is 14.3. The number of hydrogen-bond donors (Lipinski definition) is 1. The number of piperidine rings is 1. The highest BCUT2D eigenvalue weighted by atomic mass is 19.3. The molecule has 1 atom stereocenters. The van der Waals surface area contributed by atoms with E-state index in [4.69, 9.17) is 0 Å². The van der Waals surface area contributed by atoms with Gasteiger partial charge in [0.2, 0.25) is 5.56 Å². The number of nitrogens with zero attached hydrogens (tertiary/aromatic N) is 3. The zero-order valence-electron chi connectivity index (χ0n) is 15.6. The number of pyridine rings is 1. The highest BCUT2D eigenvalue weighted by Crippen LogP contribution is 2.35. The number of halogens is 2. The molecular formula is C20H22F2N4O. The largest absolute Gasteiger partial charge is 0.315 e. The summed E-state index contributed by atoms with van der Waals surface area (Å²) in [5, 5.41) is 8.31. The van der Waals surface area contributed by atoms with E-state index in [1.807, 2.05) is 32.0 Å². The average molecular weight is 372 g/mol. The summed E-state index contributed by atoms with van der Waals surface area (Å²) < 4.78 is 31.7. The zero-order chi connectivity index (χ0) is 19.3. The molecule has 1 aliphatic rings. The number of alkyl halides is 2. The number of nitrogens with one attached hydrogen (secondary N) is 1. The lowest BCUT2D eigenvalue weighted by atomic mass is 10.00. The molecule has 27 heavy (non-hydrogen) atoms. The highest BCUT2D eigenvalue weighted by molar-refractivity contribution is 5.87.